The number of nitrogens with zero attached hydrogens (tertiary/aromatic N) is 1. The van der Waals surface area contributed by atoms with Gasteiger partial charge in [-0.3, -0.25) is 9.59 Å². The predicted octanol–water partition coefficient (Wildman–Crippen LogP) is 2.28. The molecular weight excluding hydrogens is 272 g/mol. The van der Waals surface area contributed by atoms with Crippen LogP contribution in [-0.2, 0) is 9.59 Å². The number of hydrogen-bond donors (Lipinski definition) is 1. The van der Waals surface area contributed by atoms with Crippen LogP contribution in [0.1, 0.15) is 47.5 Å². The van der Waals surface area contributed by atoms with Crippen molar-refractivity contribution in [2.45, 2.75) is 64.3 Å². The molecule has 3 atom stereocenters. The van der Waals surface area contributed by atoms with Gasteiger partial charge in [-0.25, -0.2) is 0 Å². The molecule has 0 aromatic rings. The van der Waals surface area contributed by atoms with Crippen LogP contribution in [0.2, 0.25) is 0 Å². The van der Waals surface area contributed by atoms with E-state index in [1.807, 2.05) is 27.0 Å². The largest absolute Gasteiger partial charge is 0.342 e. The predicted molar refractivity (Wildman–Crippen MR) is 84.8 cm³/mol. The summed E-state index contributed by atoms with van der Waals surface area (Å²) in [6.07, 6.45) is 3.59. The van der Waals surface area contributed by atoms with Crippen LogP contribution in [0.4, 0.5) is 0 Å². The molecule has 0 aromatic carbocycles. The van der Waals surface area contributed by atoms with Gasteiger partial charge in [0.1, 0.15) is 12.1 Å². The first-order valence-electron chi connectivity index (χ1n) is 7.43. The number of carbonyl (C=O) groups is 2. The highest BCUT2D eigenvalue weighted by Gasteiger charge is 2.42. The Balaban J connectivity index is 3.00. The Kier molecular flexibility index (Phi) is 5.92. The number of piperazine rings is 1. The lowest BCUT2D eigenvalue weighted by atomic mass is 9.93. The van der Waals surface area contributed by atoms with Gasteiger partial charge in [0, 0.05) is 11.3 Å². The number of nitrogens with one attached hydrogen (secondary N) is 1. The van der Waals surface area contributed by atoms with E-state index in [9.17, 15) is 9.59 Å². The van der Waals surface area contributed by atoms with E-state index in [0.29, 0.717) is 13.0 Å². The van der Waals surface area contributed by atoms with Crippen LogP contribution in [0, 0.1) is 5.92 Å². The third-order valence-electron chi connectivity index (χ3n) is 4.23. The van der Waals surface area contributed by atoms with Crippen LogP contribution < -0.4 is 5.32 Å². The molecule has 0 aliphatic carbocycles. The highest BCUT2D eigenvalue weighted by atomic mass is 32.2. The van der Waals surface area contributed by atoms with Crippen molar-refractivity contribution >= 4 is 23.6 Å². The Hall–Kier alpha value is -0.710. The smallest absolute Gasteiger partial charge is 0.246 e. The van der Waals surface area contributed by atoms with Crippen molar-refractivity contribution in [3.05, 3.63) is 0 Å². The van der Waals surface area contributed by atoms with Gasteiger partial charge in [-0.1, -0.05) is 27.2 Å². The van der Waals surface area contributed by atoms with Crippen molar-refractivity contribution in [1.82, 2.24) is 10.2 Å². The van der Waals surface area contributed by atoms with Crippen molar-refractivity contribution in [3.63, 3.8) is 0 Å². The molecule has 4 nitrogen and oxygen atoms in total. The maximum atomic E-state index is 12.7. The SMILES string of the molecule is CCC(C)C1NC(=O)C(CC)N(CC(C)(C)SC)C1=O. The van der Waals surface area contributed by atoms with E-state index in [1.165, 1.54) is 0 Å². The molecule has 0 saturated carbocycles. The van der Waals surface area contributed by atoms with Crippen molar-refractivity contribution in [2.24, 2.45) is 5.92 Å². The van der Waals surface area contributed by atoms with E-state index in [-0.39, 0.29) is 34.6 Å². The van der Waals surface area contributed by atoms with Gasteiger partial charge in [-0.05, 0) is 32.4 Å². The fourth-order valence-corrected chi connectivity index (χ4v) is 2.74. The first-order valence-corrected chi connectivity index (χ1v) is 8.65. The molecule has 1 fully saturated rings. The summed E-state index contributed by atoms with van der Waals surface area (Å²) in [5, 5.41) is 2.91. The summed E-state index contributed by atoms with van der Waals surface area (Å²) >= 11 is 1.73. The lowest BCUT2D eigenvalue weighted by Crippen LogP contribution is -2.66. The maximum absolute atomic E-state index is 12.7. The quantitative estimate of drug-likeness (QED) is 0.819. The second-order valence-electron chi connectivity index (χ2n) is 6.23. The van der Waals surface area contributed by atoms with E-state index in [1.54, 1.807) is 16.7 Å². The van der Waals surface area contributed by atoms with Crippen LogP contribution >= 0.6 is 11.8 Å². The van der Waals surface area contributed by atoms with Crippen LogP contribution in [0.3, 0.4) is 0 Å². The van der Waals surface area contributed by atoms with Crippen LogP contribution in [-0.4, -0.2) is 46.3 Å². The van der Waals surface area contributed by atoms with E-state index >= 15 is 0 Å². The third-order valence-corrected chi connectivity index (χ3v) is 5.46. The summed E-state index contributed by atoms with van der Waals surface area (Å²) in [6.45, 7) is 10.9. The Morgan fingerprint density at radius 2 is 1.95 bits per heavy atom. The molecule has 20 heavy (non-hydrogen) atoms. The Morgan fingerprint density at radius 1 is 1.35 bits per heavy atom. The molecular formula is C15H28N2O2S. The second kappa shape index (κ2) is 6.83. The lowest BCUT2D eigenvalue weighted by Gasteiger charge is -2.43. The number of hydrogen-bond acceptors (Lipinski definition) is 3. The molecule has 116 valence electrons. The minimum atomic E-state index is -0.368. The van der Waals surface area contributed by atoms with Gasteiger partial charge in [-0.15, -0.1) is 0 Å². The monoisotopic (exact) mass is 300 g/mol. The molecule has 5 heteroatoms. The molecule has 0 bridgehead atoms. The van der Waals surface area contributed by atoms with Gasteiger partial charge in [-0.2, -0.15) is 11.8 Å². The first-order chi connectivity index (χ1) is 9.27. The number of carbonyl (C=O) groups excluding carboxylic acids is 2. The molecule has 1 aliphatic heterocycles. The minimum absolute atomic E-state index is 0.00527. The third kappa shape index (κ3) is 3.68. The van der Waals surface area contributed by atoms with Crippen molar-refractivity contribution in [2.75, 3.05) is 12.8 Å². The minimum Gasteiger partial charge on any atom is -0.342 e. The number of thioether (sulfide) groups is 1. The normalized spacial score (nSPS) is 25.6. The molecule has 2 amide bonds. The highest BCUT2D eigenvalue weighted by molar-refractivity contribution is 7.99. The van der Waals surface area contributed by atoms with Gasteiger partial charge in [0.15, 0.2) is 0 Å². The van der Waals surface area contributed by atoms with Crippen LogP contribution in [0.25, 0.3) is 0 Å². The van der Waals surface area contributed by atoms with Crippen molar-refractivity contribution in [3.8, 4) is 0 Å². The highest BCUT2D eigenvalue weighted by Crippen LogP contribution is 2.27. The summed E-state index contributed by atoms with van der Waals surface area (Å²) in [5.41, 5.74) is 0. The van der Waals surface area contributed by atoms with Gasteiger partial charge in [0.25, 0.3) is 0 Å². The zero-order valence-electron chi connectivity index (χ0n) is 13.5. The fraction of sp³-hybridized carbons (Fsp3) is 0.867. The number of rotatable bonds is 6. The van der Waals surface area contributed by atoms with Crippen LogP contribution in [0.15, 0.2) is 0 Å². The summed E-state index contributed by atoms with van der Waals surface area (Å²) in [4.78, 5) is 26.8. The molecule has 1 N–H and O–H groups in total. The summed E-state index contributed by atoms with van der Waals surface area (Å²) < 4.78 is -0.0410. The summed E-state index contributed by atoms with van der Waals surface area (Å²) in [7, 11) is 0. The van der Waals surface area contributed by atoms with E-state index in [0.717, 1.165) is 6.42 Å². The van der Waals surface area contributed by atoms with Gasteiger partial charge in [0.05, 0.1) is 0 Å². The molecule has 1 aliphatic rings. The fourth-order valence-electron chi connectivity index (χ4n) is 2.48. The molecule has 3 unspecified atom stereocenters. The Morgan fingerprint density at radius 3 is 2.40 bits per heavy atom. The average molecular weight is 300 g/mol. The van der Waals surface area contributed by atoms with Gasteiger partial charge >= 0.3 is 0 Å². The molecule has 0 radical (unpaired) electrons. The molecule has 1 heterocycles. The molecule has 1 saturated heterocycles. The second-order valence-corrected chi connectivity index (χ2v) is 7.74. The van der Waals surface area contributed by atoms with Crippen molar-refractivity contribution < 1.29 is 9.59 Å². The molecule has 1 rings (SSSR count). The zero-order valence-corrected chi connectivity index (χ0v) is 14.3. The number of amides is 2. The van der Waals surface area contributed by atoms with Crippen molar-refractivity contribution in [1.29, 1.82) is 0 Å². The van der Waals surface area contributed by atoms with E-state index < -0.39 is 0 Å². The topological polar surface area (TPSA) is 49.4 Å². The van der Waals surface area contributed by atoms with Gasteiger partial charge in [0.2, 0.25) is 11.8 Å². The van der Waals surface area contributed by atoms with E-state index in [2.05, 4.69) is 19.2 Å². The maximum Gasteiger partial charge on any atom is 0.246 e. The molecule has 0 aromatic heterocycles. The Bertz CT molecular complexity index is 371. The first kappa shape index (κ1) is 17.3. The Labute approximate surface area is 127 Å². The lowest BCUT2D eigenvalue weighted by molar-refractivity contribution is -0.151. The standard InChI is InChI=1S/C15H28N2O2S/c1-7-10(3)12-14(19)17(9-15(4,5)20-6)11(8-2)13(18)16-12/h10-12H,7-9H2,1-6H3,(H,16,18). The van der Waals surface area contributed by atoms with E-state index in [4.69, 9.17) is 0 Å². The average Bonchev–Trinajstić information content (AvgIpc) is 2.41. The van der Waals surface area contributed by atoms with Crippen LogP contribution in [0.5, 0.6) is 0 Å². The van der Waals surface area contributed by atoms with Gasteiger partial charge < -0.3 is 10.2 Å². The summed E-state index contributed by atoms with van der Waals surface area (Å²) in [6, 6.07) is -0.692. The molecule has 0 spiro atoms. The zero-order chi connectivity index (χ0) is 15.5. The summed E-state index contributed by atoms with van der Waals surface area (Å²) in [5.74, 6) is 0.242.